The second kappa shape index (κ2) is 5.99. The summed E-state index contributed by atoms with van der Waals surface area (Å²) in [5, 5.41) is 1.22. The summed E-state index contributed by atoms with van der Waals surface area (Å²) in [5.74, 6) is 0. The van der Waals surface area contributed by atoms with Gasteiger partial charge in [-0.3, -0.25) is 4.99 Å². The summed E-state index contributed by atoms with van der Waals surface area (Å²) in [4.78, 5) is 7.68. The predicted molar refractivity (Wildman–Crippen MR) is 105 cm³/mol. The van der Waals surface area contributed by atoms with Crippen molar-refractivity contribution in [3.05, 3.63) is 72.4 Å². The highest BCUT2D eigenvalue weighted by atomic mass is 15.0. The quantitative estimate of drug-likeness (QED) is 0.688. The van der Waals surface area contributed by atoms with Crippen molar-refractivity contribution in [1.29, 1.82) is 0 Å². The number of rotatable bonds is 3. The van der Waals surface area contributed by atoms with Gasteiger partial charge in [0.15, 0.2) is 0 Å². The van der Waals surface area contributed by atoms with Gasteiger partial charge < -0.3 is 16.5 Å². The van der Waals surface area contributed by atoms with E-state index in [-0.39, 0.29) is 0 Å². The lowest BCUT2D eigenvalue weighted by Gasteiger charge is -2.33. The lowest BCUT2D eigenvalue weighted by molar-refractivity contribution is 0.424. The summed E-state index contributed by atoms with van der Waals surface area (Å²) in [6.45, 7) is 1.94. The Balaban J connectivity index is 1.64. The first-order chi connectivity index (χ1) is 12.0. The van der Waals surface area contributed by atoms with Gasteiger partial charge in [-0.1, -0.05) is 42.5 Å². The molecule has 0 bridgehead atoms. The Bertz CT molecular complexity index is 982. The van der Waals surface area contributed by atoms with Crippen LogP contribution in [0.5, 0.6) is 0 Å². The lowest BCUT2D eigenvalue weighted by Crippen LogP contribution is -2.56. The molecule has 1 aromatic heterocycles. The van der Waals surface area contributed by atoms with Gasteiger partial charge in [0, 0.05) is 17.4 Å². The number of H-pyrrole nitrogens is 1. The standard InChI is InChI=1S/C21H22N4/c1-14-7-9-21(23,20(22)25-14)13-15-3-2-4-17(11-15)18-6-5-16-8-10-24-19(16)12-18/h2-12,20,24H,13,22-23H2,1H3. The van der Waals surface area contributed by atoms with E-state index in [0.717, 1.165) is 16.8 Å². The summed E-state index contributed by atoms with van der Waals surface area (Å²) in [6.07, 6.45) is 6.13. The molecule has 0 saturated heterocycles. The fourth-order valence-corrected chi connectivity index (χ4v) is 3.36. The third kappa shape index (κ3) is 3.02. The van der Waals surface area contributed by atoms with Gasteiger partial charge in [0.2, 0.25) is 0 Å². The van der Waals surface area contributed by atoms with Gasteiger partial charge in [-0.15, -0.1) is 0 Å². The number of benzene rings is 2. The maximum Gasteiger partial charge on any atom is 0.119 e. The van der Waals surface area contributed by atoms with Gasteiger partial charge in [-0.05, 0) is 53.6 Å². The number of fused-ring (bicyclic) bond motifs is 1. The van der Waals surface area contributed by atoms with Gasteiger partial charge in [0.05, 0.1) is 5.54 Å². The monoisotopic (exact) mass is 330 g/mol. The number of aliphatic imine (C=N–C) groups is 1. The van der Waals surface area contributed by atoms with Gasteiger partial charge in [0.25, 0.3) is 0 Å². The first-order valence-corrected chi connectivity index (χ1v) is 8.48. The number of nitrogens with zero attached hydrogens (tertiary/aromatic N) is 1. The van der Waals surface area contributed by atoms with Crippen LogP contribution in [-0.4, -0.2) is 22.4 Å². The molecule has 126 valence electrons. The third-order valence-corrected chi connectivity index (χ3v) is 4.85. The molecule has 25 heavy (non-hydrogen) atoms. The molecular formula is C21H22N4. The van der Waals surface area contributed by atoms with E-state index >= 15 is 0 Å². The normalized spacial score (nSPS) is 23.0. The second-order valence-corrected chi connectivity index (χ2v) is 6.82. The van der Waals surface area contributed by atoms with Crippen LogP contribution in [0.1, 0.15) is 12.5 Å². The van der Waals surface area contributed by atoms with Crippen molar-refractivity contribution in [3.8, 4) is 11.1 Å². The summed E-state index contributed by atoms with van der Waals surface area (Å²) in [5.41, 5.74) is 17.6. The van der Waals surface area contributed by atoms with Crippen molar-refractivity contribution < 1.29 is 0 Å². The smallest absolute Gasteiger partial charge is 0.119 e. The van der Waals surface area contributed by atoms with Crippen molar-refractivity contribution >= 4 is 16.6 Å². The molecule has 0 spiro atoms. The van der Waals surface area contributed by atoms with Gasteiger partial charge >= 0.3 is 0 Å². The Kier molecular flexibility index (Phi) is 3.79. The molecule has 0 radical (unpaired) electrons. The molecule has 4 rings (SSSR count). The molecule has 5 N–H and O–H groups in total. The topological polar surface area (TPSA) is 80.2 Å². The van der Waals surface area contributed by atoms with Crippen LogP contribution < -0.4 is 11.5 Å². The van der Waals surface area contributed by atoms with E-state index < -0.39 is 11.7 Å². The zero-order valence-electron chi connectivity index (χ0n) is 14.2. The van der Waals surface area contributed by atoms with E-state index in [0.29, 0.717) is 6.42 Å². The van der Waals surface area contributed by atoms with Crippen LogP contribution in [0.2, 0.25) is 0 Å². The molecule has 0 saturated carbocycles. The number of nitrogens with one attached hydrogen (secondary N) is 1. The number of aromatic nitrogens is 1. The van der Waals surface area contributed by atoms with E-state index in [1.807, 2.05) is 25.3 Å². The van der Waals surface area contributed by atoms with Crippen LogP contribution in [-0.2, 0) is 6.42 Å². The number of allylic oxidation sites excluding steroid dienone is 1. The van der Waals surface area contributed by atoms with E-state index in [4.69, 9.17) is 11.5 Å². The van der Waals surface area contributed by atoms with Crippen LogP contribution in [0.25, 0.3) is 22.0 Å². The van der Waals surface area contributed by atoms with Gasteiger partial charge in [0.1, 0.15) is 6.17 Å². The maximum atomic E-state index is 6.52. The number of nitrogens with two attached hydrogens (primary N) is 2. The van der Waals surface area contributed by atoms with Crippen LogP contribution in [0.4, 0.5) is 0 Å². The summed E-state index contributed by atoms with van der Waals surface area (Å²) < 4.78 is 0. The maximum absolute atomic E-state index is 6.52. The molecule has 3 aromatic rings. The summed E-state index contributed by atoms with van der Waals surface area (Å²) in [6, 6.07) is 17.0. The molecule has 2 aromatic carbocycles. The van der Waals surface area contributed by atoms with E-state index in [1.165, 1.54) is 16.5 Å². The Hall–Kier alpha value is -2.69. The second-order valence-electron chi connectivity index (χ2n) is 6.82. The third-order valence-electron chi connectivity index (χ3n) is 4.85. The van der Waals surface area contributed by atoms with Crippen LogP contribution >= 0.6 is 0 Å². The molecular weight excluding hydrogens is 308 g/mol. The largest absolute Gasteiger partial charge is 0.361 e. The number of dihydropyridines is 1. The molecule has 1 aliphatic heterocycles. The predicted octanol–water partition coefficient (Wildman–Crippen LogP) is 3.39. The number of aromatic amines is 1. The Morgan fingerprint density at radius 3 is 2.80 bits per heavy atom. The van der Waals surface area contributed by atoms with E-state index in [1.54, 1.807) is 0 Å². The average Bonchev–Trinajstić information content (AvgIpc) is 3.07. The molecule has 2 atom stereocenters. The Morgan fingerprint density at radius 2 is 1.96 bits per heavy atom. The first-order valence-electron chi connectivity index (χ1n) is 8.48. The van der Waals surface area contributed by atoms with Crippen LogP contribution in [0.15, 0.2) is 71.9 Å². The van der Waals surface area contributed by atoms with Crippen molar-refractivity contribution in [2.24, 2.45) is 16.5 Å². The van der Waals surface area contributed by atoms with Crippen molar-refractivity contribution in [1.82, 2.24) is 4.98 Å². The summed E-state index contributed by atoms with van der Waals surface area (Å²) in [7, 11) is 0. The lowest BCUT2D eigenvalue weighted by atomic mass is 9.86. The number of hydrogen-bond acceptors (Lipinski definition) is 3. The first kappa shape index (κ1) is 15.8. The Labute approximate surface area is 147 Å². The fraction of sp³-hybridized carbons (Fsp3) is 0.190. The minimum absolute atomic E-state index is 0.420. The molecule has 0 aliphatic carbocycles. The summed E-state index contributed by atoms with van der Waals surface area (Å²) >= 11 is 0. The highest BCUT2D eigenvalue weighted by molar-refractivity contribution is 5.94. The van der Waals surface area contributed by atoms with Crippen molar-refractivity contribution in [2.45, 2.75) is 25.0 Å². The van der Waals surface area contributed by atoms with Crippen molar-refractivity contribution in [2.75, 3.05) is 0 Å². The fourth-order valence-electron chi connectivity index (χ4n) is 3.36. The molecule has 4 heteroatoms. The molecule has 0 amide bonds. The zero-order valence-corrected chi connectivity index (χ0v) is 14.2. The molecule has 2 unspecified atom stereocenters. The minimum atomic E-state index is -0.651. The zero-order chi connectivity index (χ0) is 17.4. The highest BCUT2D eigenvalue weighted by Crippen LogP contribution is 2.27. The van der Waals surface area contributed by atoms with Crippen LogP contribution in [0.3, 0.4) is 0 Å². The molecule has 2 heterocycles. The van der Waals surface area contributed by atoms with Crippen LogP contribution in [0, 0.1) is 0 Å². The SMILES string of the molecule is CC1=NC(N)C(N)(Cc2cccc(-c3ccc4cc[nH]c4c3)c2)C=C1. The highest BCUT2D eigenvalue weighted by Gasteiger charge is 2.32. The Morgan fingerprint density at radius 1 is 1.12 bits per heavy atom. The average molecular weight is 330 g/mol. The van der Waals surface area contributed by atoms with E-state index in [2.05, 4.69) is 58.5 Å². The van der Waals surface area contributed by atoms with Gasteiger partial charge in [-0.25, -0.2) is 0 Å². The molecule has 4 nitrogen and oxygen atoms in total. The molecule has 1 aliphatic rings. The van der Waals surface area contributed by atoms with E-state index in [9.17, 15) is 0 Å². The molecule has 0 fully saturated rings. The number of hydrogen-bond donors (Lipinski definition) is 3. The van der Waals surface area contributed by atoms with Gasteiger partial charge in [-0.2, -0.15) is 0 Å². The van der Waals surface area contributed by atoms with Crippen molar-refractivity contribution in [3.63, 3.8) is 0 Å². The minimum Gasteiger partial charge on any atom is -0.361 e.